The van der Waals surface area contributed by atoms with Crippen LogP contribution in [-0.4, -0.2) is 16.0 Å². The highest BCUT2D eigenvalue weighted by Crippen LogP contribution is 2.38. The Morgan fingerprint density at radius 3 is 2.48 bits per heavy atom. The number of hydrogen-bond donors (Lipinski definition) is 0. The molecule has 0 aliphatic carbocycles. The predicted molar refractivity (Wildman–Crippen MR) is 92.7 cm³/mol. The average molecular weight is 372 g/mol. The molecule has 1 aliphatic heterocycles. The molecule has 0 radical (unpaired) electrons. The first-order valence-corrected chi connectivity index (χ1v) is 8.22. The molecule has 0 amide bonds. The molecule has 1 aliphatic rings. The highest BCUT2D eigenvalue weighted by Gasteiger charge is 2.24. The lowest BCUT2D eigenvalue weighted by atomic mass is 10.1. The van der Waals surface area contributed by atoms with Crippen LogP contribution in [0.5, 0.6) is 5.75 Å². The summed E-state index contributed by atoms with van der Waals surface area (Å²) in [6, 6.07) is 3.14. The van der Waals surface area contributed by atoms with Gasteiger partial charge in [-0.05, 0) is 25.0 Å². The number of benzene rings is 1. The van der Waals surface area contributed by atoms with Crippen LogP contribution in [0.15, 0.2) is 16.9 Å². The molecule has 4 nitrogen and oxygen atoms in total. The standard InChI is InChI=1S/C16H13Cl3N2O2/c1-2-7-23-13-8-10(11(17)9-12(13)18)14-15(19)20-5-3-4-6-21(20)16(14)22/h1,8-9H,3-7H2. The monoisotopic (exact) mass is 370 g/mol. The highest BCUT2D eigenvalue weighted by molar-refractivity contribution is 6.38. The van der Waals surface area contributed by atoms with Gasteiger partial charge < -0.3 is 4.74 Å². The van der Waals surface area contributed by atoms with Crippen molar-refractivity contribution in [2.45, 2.75) is 25.9 Å². The number of ether oxygens (including phenoxy) is 1. The normalized spacial score (nSPS) is 13.5. The van der Waals surface area contributed by atoms with Crippen LogP contribution in [-0.2, 0) is 13.1 Å². The third-order valence-corrected chi connectivity index (χ3v) is 4.76. The Hall–Kier alpha value is -1.54. The molecule has 3 rings (SSSR count). The Morgan fingerprint density at radius 2 is 1.83 bits per heavy atom. The first-order chi connectivity index (χ1) is 11.0. The van der Waals surface area contributed by atoms with Crippen LogP contribution in [0.4, 0.5) is 0 Å². The summed E-state index contributed by atoms with van der Waals surface area (Å²) >= 11 is 18.8. The summed E-state index contributed by atoms with van der Waals surface area (Å²) in [6.45, 7) is 1.42. The van der Waals surface area contributed by atoms with Crippen molar-refractivity contribution in [2.75, 3.05) is 6.61 Å². The first-order valence-electron chi connectivity index (χ1n) is 7.09. The van der Waals surface area contributed by atoms with Gasteiger partial charge in [-0.3, -0.25) is 9.48 Å². The Bertz CT molecular complexity index is 862. The van der Waals surface area contributed by atoms with Gasteiger partial charge in [0.2, 0.25) is 0 Å². The minimum atomic E-state index is -0.165. The van der Waals surface area contributed by atoms with E-state index in [0.717, 1.165) is 12.8 Å². The summed E-state index contributed by atoms with van der Waals surface area (Å²) in [7, 11) is 0. The van der Waals surface area contributed by atoms with Crippen molar-refractivity contribution in [1.82, 2.24) is 9.36 Å². The minimum absolute atomic E-state index is 0.0692. The lowest BCUT2D eigenvalue weighted by molar-refractivity contribution is 0.356. The van der Waals surface area contributed by atoms with Gasteiger partial charge in [0.15, 0.2) is 0 Å². The Labute approximate surface area is 148 Å². The van der Waals surface area contributed by atoms with Crippen molar-refractivity contribution < 1.29 is 4.74 Å². The topological polar surface area (TPSA) is 36.2 Å². The average Bonchev–Trinajstić information content (AvgIpc) is 2.79. The molecule has 0 bridgehead atoms. The molecule has 1 aromatic carbocycles. The van der Waals surface area contributed by atoms with Crippen LogP contribution in [0.1, 0.15) is 12.8 Å². The smallest absolute Gasteiger partial charge is 0.276 e. The van der Waals surface area contributed by atoms with Crippen molar-refractivity contribution in [2.24, 2.45) is 0 Å². The summed E-state index contributed by atoms with van der Waals surface area (Å²) in [5.41, 5.74) is 0.690. The van der Waals surface area contributed by atoms with E-state index in [1.807, 2.05) is 0 Å². The summed E-state index contributed by atoms with van der Waals surface area (Å²) in [6.07, 6.45) is 7.13. The number of halogens is 3. The van der Waals surface area contributed by atoms with E-state index in [-0.39, 0.29) is 12.2 Å². The molecular weight excluding hydrogens is 359 g/mol. The summed E-state index contributed by atoms with van der Waals surface area (Å²) in [4.78, 5) is 12.7. The fourth-order valence-electron chi connectivity index (χ4n) is 2.70. The number of nitrogens with zero attached hydrogens (tertiary/aromatic N) is 2. The Kier molecular flexibility index (Phi) is 4.63. The predicted octanol–water partition coefficient (Wildman–Crippen LogP) is 4.08. The molecule has 0 atom stereocenters. The maximum Gasteiger partial charge on any atom is 0.276 e. The molecule has 0 unspecified atom stereocenters. The zero-order chi connectivity index (χ0) is 16.6. The van der Waals surface area contributed by atoms with E-state index in [4.69, 9.17) is 46.0 Å². The van der Waals surface area contributed by atoms with Crippen molar-refractivity contribution in [3.05, 3.63) is 37.7 Å². The molecule has 0 N–H and O–H groups in total. The molecule has 2 aromatic rings. The molecule has 120 valence electrons. The number of aromatic nitrogens is 2. The van der Waals surface area contributed by atoms with Crippen LogP contribution < -0.4 is 10.3 Å². The van der Waals surface area contributed by atoms with Crippen molar-refractivity contribution in [1.29, 1.82) is 0 Å². The third-order valence-electron chi connectivity index (χ3n) is 3.76. The van der Waals surface area contributed by atoms with Gasteiger partial charge in [-0.15, -0.1) is 6.42 Å². The molecule has 0 saturated carbocycles. The fourth-order valence-corrected chi connectivity index (χ4v) is 3.59. The lowest BCUT2D eigenvalue weighted by Crippen LogP contribution is -2.27. The second kappa shape index (κ2) is 6.52. The minimum Gasteiger partial charge on any atom is -0.479 e. The third kappa shape index (κ3) is 2.85. The molecule has 7 heteroatoms. The van der Waals surface area contributed by atoms with Gasteiger partial charge in [0.25, 0.3) is 5.56 Å². The molecule has 1 aromatic heterocycles. The van der Waals surface area contributed by atoms with E-state index in [1.165, 1.54) is 6.07 Å². The summed E-state index contributed by atoms with van der Waals surface area (Å²) < 4.78 is 8.83. The van der Waals surface area contributed by atoms with Crippen LogP contribution in [0.25, 0.3) is 11.1 Å². The molecule has 0 spiro atoms. The largest absolute Gasteiger partial charge is 0.479 e. The van der Waals surface area contributed by atoms with Crippen LogP contribution >= 0.6 is 34.8 Å². The van der Waals surface area contributed by atoms with Crippen molar-refractivity contribution >= 4 is 34.8 Å². The van der Waals surface area contributed by atoms with E-state index < -0.39 is 0 Å². The first kappa shape index (κ1) is 16.3. The molecule has 0 fully saturated rings. The fraction of sp³-hybridized carbons (Fsp3) is 0.312. The van der Waals surface area contributed by atoms with Gasteiger partial charge in [-0.1, -0.05) is 40.7 Å². The van der Waals surface area contributed by atoms with Crippen molar-refractivity contribution in [3.63, 3.8) is 0 Å². The second-order valence-corrected chi connectivity index (χ2v) is 6.35. The Morgan fingerprint density at radius 1 is 1.13 bits per heavy atom. The lowest BCUT2D eigenvalue weighted by Gasteiger charge is -2.17. The zero-order valence-electron chi connectivity index (χ0n) is 12.1. The summed E-state index contributed by atoms with van der Waals surface area (Å²) in [5.74, 6) is 2.74. The van der Waals surface area contributed by atoms with Gasteiger partial charge in [0.05, 0.1) is 15.6 Å². The van der Waals surface area contributed by atoms with Gasteiger partial charge in [0, 0.05) is 18.7 Å². The SMILES string of the molecule is C#CCOc1cc(-c2c(Cl)n3n(c2=O)CCCC3)c(Cl)cc1Cl. The highest BCUT2D eigenvalue weighted by atomic mass is 35.5. The van der Waals surface area contributed by atoms with Crippen LogP contribution in [0.2, 0.25) is 15.2 Å². The maximum absolute atomic E-state index is 12.7. The maximum atomic E-state index is 12.7. The van der Waals surface area contributed by atoms with Gasteiger partial charge >= 0.3 is 0 Å². The quantitative estimate of drug-likeness (QED) is 0.762. The number of hydrogen-bond acceptors (Lipinski definition) is 2. The van der Waals surface area contributed by atoms with Crippen molar-refractivity contribution in [3.8, 4) is 29.2 Å². The molecule has 0 saturated heterocycles. The van der Waals surface area contributed by atoms with E-state index in [9.17, 15) is 4.79 Å². The summed E-state index contributed by atoms with van der Waals surface area (Å²) in [5, 5.41) is 1.04. The van der Waals surface area contributed by atoms with E-state index >= 15 is 0 Å². The van der Waals surface area contributed by atoms with E-state index in [2.05, 4.69) is 5.92 Å². The number of rotatable bonds is 3. The number of fused-ring (bicyclic) bond motifs is 1. The van der Waals surface area contributed by atoms with Gasteiger partial charge in [-0.2, -0.15) is 0 Å². The molecule has 2 heterocycles. The van der Waals surface area contributed by atoms with Gasteiger partial charge in [-0.25, -0.2) is 4.68 Å². The Balaban J connectivity index is 2.18. The number of terminal acetylenes is 1. The van der Waals surface area contributed by atoms with Gasteiger partial charge in [0.1, 0.15) is 17.5 Å². The van der Waals surface area contributed by atoms with E-state index in [0.29, 0.717) is 45.2 Å². The second-order valence-electron chi connectivity index (χ2n) is 5.18. The van der Waals surface area contributed by atoms with Crippen LogP contribution in [0, 0.1) is 12.3 Å². The zero-order valence-corrected chi connectivity index (χ0v) is 14.4. The molecular formula is C16H13Cl3N2O2. The molecule has 23 heavy (non-hydrogen) atoms. The van der Waals surface area contributed by atoms with Crippen LogP contribution in [0.3, 0.4) is 0 Å². The van der Waals surface area contributed by atoms with E-state index in [1.54, 1.807) is 15.4 Å².